The molecule has 1 aromatic heterocycles. The van der Waals surface area contributed by atoms with Crippen LogP contribution >= 0.6 is 0 Å². The van der Waals surface area contributed by atoms with Crippen molar-refractivity contribution in [2.24, 2.45) is 0 Å². The Morgan fingerprint density at radius 2 is 2.36 bits per heavy atom. The number of aliphatic hydroxyl groups excluding tert-OH is 1. The van der Waals surface area contributed by atoms with Gasteiger partial charge >= 0.3 is 5.97 Å². The Kier molecular flexibility index (Phi) is 5.54. The zero-order valence-electron chi connectivity index (χ0n) is 14.3. The lowest BCUT2D eigenvalue weighted by molar-refractivity contribution is -0.143. The second-order valence-electron chi connectivity index (χ2n) is 6.13. The summed E-state index contributed by atoms with van der Waals surface area (Å²) in [5, 5.41) is 12.4. The average Bonchev–Trinajstić information content (AvgIpc) is 3.23. The third-order valence-electron chi connectivity index (χ3n) is 4.43. The second-order valence-corrected chi connectivity index (χ2v) is 6.13. The van der Waals surface area contributed by atoms with Gasteiger partial charge in [0.25, 0.3) is 5.91 Å². The monoisotopic (exact) mass is 352 g/mol. The number of hydrogen-bond donors (Lipinski definition) is 2. The van der Waals surface area contributed by atoms with Gasteiger partial charge in [0.1, 0.15) is 12.0 Å². The zero-order valence-corrected chi connectivity index (χ0v) is 14.3. The number of fused-ring (bicyclic) bond motifs is 1. The van der Waals surface area contributed by atoms with Crippen molar-refractivity contribution in [3.05, 3.63) is 12.0 Å². The Balaban J connectivity index is 1.59. The van der Waals surface area contributed by atoms with Crippen molar-refractivity contribution in [3.63, 3.8) is 0 Å². The van der Waals surface area contributed by atoms with Crippen LogP contribution in [0.15, 0.2) is 6.33 Å². The first kappa shape index (κ1) is 17.7. The first-order chi connectivity index (χ1) is 12.1. The number of nitrogens with one attached hydrogen (secondary N) is 1. The van der Waals surface area contributed by atoms with E-state index in [1.807, 2.05) is 4.57 Å². The summed E-state index contributed by atoms with van der Waals surface area (Å²) in [5.41, 5.74) is 0.360. The molecule has 0 saturated carbocycles. The number of ether oxygens (including phenoxy) is 2. The largest absolute Gasteiger partial charge is 0.466 e. The van der Waals surface area contributed by atoms with Crippen LogP contribution in [0.5, 0.6) is 0 Å². The molecule has 0 aromatic carbocycles. The number of carbonyl (C=O) groups is 2. The van der Waals surface area contributed by atoms with Gasteiger partial charge in [0.2, 0.25) is 0 Å². The van der Waals surface area contributed by atoms with Gasteiger partial charge in [-0.2, -0.15) is 0 Å². The summed E-state index contributed by atoms with van der Waals surface area (Å²) in [4.78, 5) is 29.8. The van der Waals surface area contributed by atoms with Gasteiger partial charge in [-0.1, -0.05) is 0 Å². The molecular weight excluding hydrogens is 328 g/mol. The fourth-order valence-corrected chi connectivity index (χ4v) is 3.16. The third-order valence-corrected chi connectivity index (χ3v) is 4.43. The lowest BCUT2D eigenvalue weighted by Crippen LogP contribution is -2.41. The highest BCUT2D eigenvalue weighted by atomic mass is 16.5. The van der Waals surface area contributed by atoms with Gasteiger partial charge in [-0.05, 0) is 26.2 Å². The summed E-state index contributed by atoms with van der Waals surface area (Å²) in [6, 6.07) is 0. The van der Waals surface area contributed by atoms with Crippen LogP contribution in [-0.4, -0.2) is 64.0 Å². The van der Waals surface area contributed by atoms with Gasteiger partial charge in [0.05, 0.1) is 32.3 Å². The van der Waals surface area contributed by atoms with E-state index >= 15 is 0 Å². The molecule has 0 spiro atoms. The van der Waals surface area contributed by atoms with E-state index in [1.54, 1.807) is 18.2 Å². The van der Waals surface area contributed by atoms with Crippen LogP contribution in [-0.2, 0) is 14.3 Å². The number of imidazole rings is 1. The minimum atomic E-state index is -0.248. The van der Waals surface area contributed by atoms with Gasteiger partial charge < -0.3 is 24.8 Å². The lowest BCUT2D eigenvalue weighted by Gasteiger charge is -2.29. The summed E-state index contributed by atoms with van der Waals surface area (Å²) < 4.78 is 12.5. The molecule has 0 radical (unpaired) electrons. The Morgan fingerprint density at radius 1 is 1.52 bits per heavy atom. The van der Waals surface area contributed by atoms with E-state index < -0.39 is 0 Å². The Labute approximate surface area is 145 Å². The summed E-state index contributed by atoms with van der Waals surface area (Å²) in [6.07, 6.45) is 3.60. The SMILES string of the molecule is CCOC(=O)CCCN1CNc2c(ncn2[C@H]2CC[C@@H](CO)O2)C1=O. The van der Waals surface area contributed by atoms with Crippen LogP contribution < -0.4 is 5.32 Å². The molecule has 1 amide bonds. The number of rotatable bonds is 7. The molecule has 2 N–H and O–H groups in total. The van der Waals surface area contributed by atoms with Crippen molar-refractivity contribution >= 4 is 17.7 Å². The molecule has 25 heavy (non-hydrogen) atoms. The summed E-state index contributed by atoms with van der Waals surface area (Å²) >= 11 is 0. The highest BCUT2D eigenvalue weighted by Crippen LogP contribution is 2.33. The minimum Gasteiger partial charge on any atom is -0.466 e. The standard InChI is InChI=1S/C16H24N4O5/c1-2-24-13(22)4-3-7-19-9-18-15-14(16(19)23)17-10-20(15)12-6-5-11(8-21)25-12/h10-12,18,21H,2-9H2,1H3/t11-,12+/m0/s1. The third kappa shape index (κ3) is 3.77. The summed E-state index contributed by atoms with van der Waals surface area (Å²) in [6.45, 7) is 2.95. The molecule has 1 aromatic rings. The van der Waals surface area contributed by atoms with E-state index in [9.17, 15) is 14.7 Å². The van der Waals surface area contributed by atoms with Gasteiger partial charge in [-0.3, -0.25) is 14.2 Å². The lowest BCUT2D eigenvalue weighted by atomic mass is 10.2. The molecule has 3 heterocycles. The highest BCUT2D eigenvalue weighted by Gasteiger charge is 2.33. The number of esters is 1. The van der Waals surface area contributed by atoms with Crippen LogP contribution in [0.2, 0.25) is 0 Å². The van der Waals surface area contributed by atoms with Gasteiger partial charge in [-0.15, -0.1) is 0 Å². The molecular formula is C16H24N4O5. The first-order valence-corrected chi connectivity index (χ1v) is 8.66. The van der Waals surface area contributed by atoms with E-state index in [0.717, 1.165) is 12.8 Å². The maximum Gasteiger partial charge on any atom is 0.305 e. The van der Waals surface area contributed by atoms with Crippen molar-refractivity contribution in [2.75, 3.05) is 31.7 Å². The van der Waals surface area contributed by atoms with Crippen LogP contribution in [0.4, 0.5) is 5.82 Å². The first-order valence-electron chi connectivity index (χ1n) is 8.66. The van der Waals surface area contributed by atoms with Crippen molar-refractivity contribution < 1.29 is 24.2 Å². The van der Waals surface area contributed by atoms with Gasteiger partial charge in [-0.25, -0.2) is 4.98 Å². The quantitative estimate of drug-likeness (QED) is 0.697. The van der Waals surface area contributed by atoms with Crippen LogP contribution in [0.25, 0.3) is 0 Å². The molecule has 0 bridgehead atoms. The zero-order chi connectivity index (χ0) is 17.8. The van der Waals surface area contributed by atoms with Gasteiger partial charge in [0, 0.05) is 13.0 Å². The number of aromatic nitrogens is 2. The van der Waals surface area contributed by atoms with Crippen molar-refractivity contribution in [1.29, 1.82) is 0 Å². The number of aliphatic hydroxyl groups is 1. The smallest absolute Gasteiger partial charge is 0.305 e. The van der Waals surface area contributed by atoms with Crippen molar-refractivity contribution in [2.45, 2.75) is 44.9 Å². The van der Waals surface area contributed by atoms with Crippen LogP contribution in [0, 0.1) is 0 Å². The highest BCUT2D eigenvalue weighted by molar-refractivity contribution is 5.98. The van der Waals surface area contributed by atoms with Crippen LogP contribution in [0.1, 0.15) is 49.3 Å². The minimum absolute atomic E-state index is 0.00596. The summed E-state index contributed by atoms with van der Waals surface area (Å²) in [7, 11) is 0. The van der Waals surface area contributed by atoms with E-state index in [0.29, 0.717) is 37.8 Å². The average molecular weight is 352 g/mol. The molecule has 0 unspecified atom stereocenters. The molecule has 1 saturated heterocycles. The predicted octanol–water partition coefficient (Wildman–Crippen LogP) is 0.722. The molecule has 0 aliphatic carbocycles. The fourth-order valence-electron chi connectivity index (χ4n) is 3.16. The molecule has 9 nitrogen and oxygen atoms in total. The van der Waals surface area contributed by atoms with Crippen molar-refractivity contribution in [3.8, 4) is 0 Å². The van der Waals surface area contributed by atoms with E-state index in [1.165, 1.54) is 0 Å². The van der Waals surface area contributed by atoms with Crippen molar-refractivity contribution in [1.82, 2.24) is 14.5 Å². The predicted molar refractivity (Wildman–Crippen MR) is 87.9 cm³/mol. The molecule has 1 fully saturated rings. The van der Waals surface area contributed by atoms with E-state index in [4.69, 9.17) is 9.47 Å². The topological polar surface area (TPSA) is 106 Å². The number of anilines is 1. The maximum absolute atomic E-state index is 12.6. The Morgan fingerprint density at radius 3 is 3.08 bits per heavy atom. The molecule has 2 aliphatic rings. The van der Waals surface area contributed by atoms with E-state index in [-0.39, 0.29) is 37.2 Å². The maximum atomic E-state index is 12.6. The number of nitrogens with zero attached hydrogens (tertiary/aromatic N) is 3. The number of hydrogen-bond acceptors (Lipinski definition) is 7. The second kappa shape index (κ2) is 7.83. The molecule has 3 rings (SSSR count). The molecule has 2 aliphatic heterocycles. The molecule has 9 heteroatoms. The Bertz CT molecular complexity index is 632. The normalized spacial score (nSPS) is 22.6. The molecule has 138 valence electrons. The van der Waals surface area contributed by atoms with Crippen LogP contribution in [0.3, 0.4) is 0 Å². The summed E-state index contributed by atoms with van der Waals surface area (Å²) in [5.74, 6) is 0.241. The number of amides is 1. The fraction of sp³-hybridized carbons (Fsp3) is 0.688. The number of carbonyl (C=O) groups excluding carboxylic acids is 2. The van der Waals surface area contributed by atoms with E-state index in [2.05, 4.69) is 10.3 Å². The Hall–Kier alpha value is -2.13. The molecule has 2 atom stereocenters. The van der Waals surface area contributed by atoms with Gasteiger partial charge in [0.15, 0.2) is 5.69 Å².